The van der Waals surface area contributed by atoms with Crippen molar-refractivity contribution in [1.29, 1.82) is 0 Å². The number of amides is 2. The van der Waals surface area contributed by atoms with Gasteiger partial charge in [-0.3, -0.25) is 9.59 Å². The Morgan fingerprint density at radius 1 is 1.38 bits per heavy atom. The fraction of sp³-hybridized carbons (Fsp3) is 0.333. The van der Waals surface area contributed by atoms with E-state index in [1.165, 1.54) is 0 Å². The molecule has 1 aliphatic heterocycles. The first-order valence-electron chi connectivity index (χ1n) is 7.95. The number of carbonyl (C=O) groups is 2. The van der Waals surface area contributed by atoms with E-state index < -0.39 is 0 Å². The summed E-state index contributed by atoms with van der Waals surface area (Å²) in [6.07, 6.45) is 0.289. The summed E-state index contributed by atoms with van der Waals surface area (Å²) < 4.78 is 0. The Balaban J connectivity index is 1.79. The lowest BCUT2D eigenvalue weighted by molar-refractivity contribution is -0.129. The number of rotatable bonds is 5. The van der Waals surface area contributed by atoms with Gasteiger partial charge in [-0.25, -0.2) is 0 Å². The molecule has 126 valence electrons. The predicted molar refractivity (Wildman–Crippen MR) is 96.1 cm³/mol. The molecule has 6 heteroatoms. The predicted octanol–water partition coefficient (Wildman–Crippen LogP) is 3.48. The Bertz CT molecular complexity index is 715. The summed E-state index contributed by atoms with van der Waals surface area (Å²) in [5.41, 5.74) is 0.979. The average molecular weight is 363 g/mol. The van der Waals surface area contributed by atoms with Gasteiger partial charge >= 0.3 is 0 Å². The van der Waals surface area contributed by atoms with Gasteiger partial charge in [0.1, 0.15) is 0 Å². The lowest BCUT2D eigenvalue weighted by Gasteiger charge is -2.20. The van der Waals surface area contributed by atoms with Crippen molar-refractivity contribution < 1.29 is 9.59 Å². The second-order valence-electron chi connectivity index (χ2n) is 5.84. The zero-order valence-electron chi connectivity index (χ0n) is 13.4. The van der Waals surface area contributed by atoms with Crippen molar-refractivity contribution >= 4 is 34.8 Å². The first kappa shape index (κ1) is 17.0. The van der Waals surface area contributed by atoms with Crippen LogP contribution in [-0.2, 0) is 9.59 Å². The number of benzene rings is 1. The van der Waals surface area contributed by atoms with Crippen LogP contribution in [0.4, 0.5) is 0 Å². The number of carbonyl (C=O) groups excluding carboxylic acids is 2. The minimum absolute atomic E-state index is 0.0526. The number of nitrogens with zero attached hydrogens (tertiary/aromatic N) is 1. The minimum Gasteiger partial charge on any atom is -0.344 e. The maximum Gasteiger partial charge on any atom is 0.226 e. The number of hydrogen-bond acceptors (Lipinski definition) is 3. The van der Waals surface area contributed by atoms with Crippen LogP contribution in [0.2, 0.25) is 5.02 Å². The summed E-state index contributed by atoms with van der Waals surface area (Å²) in [5.74, 6) is -0.309. The minimum atomic E-state index is -0.285. The molecule has 0 bridgehead atoms. The van der Waals surface area contributed by atoms with Crippen LogP contribution in [0.25, 0.3) is 0 Å². The van der Waals surface area contributed by atoms with Gasteiger partial charge < -0.3 is 10.2 Å². The smallest absolute Gasteiger partial charge is 0.226 e. The molecule has 0 unspecified atom stereocenters. The zero-order valence-corrected chi connectivity index (χ0v) is 14.9. The molecule has 1 saturated heterocycles. The molecule has 0 radical (unpaired) electrons. The van der Waals surface area contributed by atoms with Gasteiger partial charge in [0, 0.05) is 29.4 Å². The van der Waals surface area contributed by atoms with Crippen LogP contribution >= 0.6 is 22.9 Å². The van der Waals surface area contributed by atoms with Crippen LogP contribution < -0.4 is 5.32 Å². The highest BCUT2D eigenvalue weighted by Gasteiger charge is 2.34. The van der Waals surface area contributed by atoms with Crippen molar-refractivity contribution in [2.24, 2.45) is 5.92 Å². The highest BCUT2D eigenvalue weighted by atomic mass is 35.5. The van der Waals surface area contributed by atoms with Gasteiger partial charge in [0.15, 0.2) is 0 Å². The number of halogens is 1. The molecular weight excluding hydrogens is 344 g/mol. The third-order valence-corrected chi connectivity index (χ3v) is 5.47. The fourth-order valence-electron chi connectivity index (χ4n) is 2.94. The number of nitrogens with one attached hydrogen (secondary N) is 1. The van der Waals surface area contributed by atoms with Crippen molar-refractivity contribution in [3.05, 3.63) is 57.2 Å². The van der Waals surface area contributed by atoms with Gasteiger partial charge in [-0.05, 0) is 36.1 Å². The van der Waals surface area contributed by atoms with Crippen molar-refractivity contribution in [1.82, 2.24) is 10.2 Å². The Morgan fingerprint density at radius 3 is 2.71 bits per heavy atom. The van der Waals surface area contributed by atoms with Gasteiger partial charge in [0.2, 0.25) is 11.8 Å². The van der Waals surface area contributed by atoms with E-state index in [0.29, 0.717) is 18.1 Å². The maximum absolute atomic E-state index is 12.7. The van der Waals surface area contributed by atoms with Crippen LogP contribution in [0.15, 0.2) is 41.8 Å². The van der Waals surface area contributed by atoms with Crippen LogP contribution in [0.1, 0.15) is 29.8 Å². The normalized spacial score (nSPS) is 18.7. The molecule has 1 aromatic heterocycles. The third-order valence-electron chi connectivity index (χ3n) is 4.28. The summed E-state index contributed by atoms with van der Waals surface area (Å²) in [6, 6.07) is 11.2. The van der Waals surface area contributed by atoms with Crippen molar-refractivity contribution in [3.63, 3.8) is 0 Å². The van der Waals surface area contributed by atoms with Gasteiger partial charge in [0.25, 0.3) is 0 Å². The molecule has 1 aromatic carbocycles. The monoisotopic (exact) mass is 362 g/mol. The topological polar surface area (TPSA) is 49.4 Å². The quantitative estimate of drug-likeness (QED) is 0.885. The third kappa shape index (κ3) is 3.62. The molecule has 0 aliphatic carbocycles. The first-order valence-corrected chi connectivity index (χ1v) is 9.21. The second-order valence-corrected chi connectivity index (χ2v) is 7.26. The first-order chi connectivity index (χ1) is 11.6. The van der Waals surface area contributed by atoms with E-state index in [-0.39, 0.29) is 30.2 Å². The molecular formula is C18H19ClN2O2S. The lowest BCUT2D eigenvalue weighted by Crippen LogP contribution is -2.35. The molecule has 0 saturated carbocycles. The molecule has 1 aliphatic rings. The van der Waals surface area contributed by atoms with E-state index in [1.54, 1.807) is 16.2 Å². The van der Waals surface area contributed by atoms with Crippen molar-refractivity contribution in [2.45, 2.75) is 19.4 Å². The SMILES string of the molecule is CCN1C[C@@H](C(=O)N[C@H](c2ccc(Cl)cc2)c2cccs2)CC1=O. The van der Waals surface area contributed by atoms with E-state index in [4.69, 9.17) is 11.6 Å². The number of hydrogen-bond donors (Lipinski definition) is 1. The molecule has 24 heavy (non-hydrogen) atoms. The van der Waals surface area contributed by atoms with Gasteiger partial charge in [0.05, 0.1) is 12.0 Å². The summed E-state index contributed by atoms with van der Waals surface area (Å²) in [7, 11) is 0. The number of thiophene rings is 1. The van der Waals surface area contributed by atoms with Crippen molar-refractivity contribution in [3.8, 4) is 0 Å². The Hall–Kier alpha value is -1.85. The molecule has 3 rings (SSSR count). The molecule has 2 atom stereocenters. The molecule has 2 heterocycles. The average Bonchev–Trinajstić information content (AvgIpc) is 3.23. The van der Waals surface area contributed by atoms with E-state index in [2.05, 4.69) is 5.32 Å². The van der Waals surface area contributed by atoms with E-state index in [0.717, 1.165) is 10.4 Å². The molecule has 2 amide bonds. The fourth-order valence-corrected chi connectivity index (χ4v) is 3.87. The van der Waals surface area contributed by atoms with Gasteiger partial charge in [-0.2, -0.15) is 0 Å². The van der Waals surface area contributed by atoms with Crippen LogP contribution in [0.5, 0.6) is 0 Å². The Morgan fingerprint density at radius 2 is 2.12 bits per heavy atom. The van der Waals surface area contributed by atoms with Crippen molar-refractivity contribution in [2.75, 3.05) is 13.1 Å². The highest BCUT2D eigenvalue weighted by molar-refractivity contribution is 7.10. The Kier molecular flexibility index (Phi) is 5.21. The van der Waals surface area contributed by atoms with E-state index in [9.17, 15) is 9.59 Å². The number of likely N-dealkylation sites (tertiary alicyclic amines) is 1. The lowest BCUT2D eigenvalue weighted by atomic mass is 10.0. The highest BCUT2D eigenvalue weighted by Crippen LogP contribution is 2.28. The van der Waals surface area contributed by atoms with Crippen LogP contribution in [0.3, 0.4) is 0 Å². The maximum atomic E-state index is 12.7. The van der Waals surface area contributed by atoms with E-state index in [1.807, 2.05) is 48.7 Å². The van der Waals surface area contributed by atoms with E-state index >= 15 is 0 Å². The molecule has 1 fully saturated rings. The Labute approximate surface area is 150 Å². The largest absolute Gasteiger partial charge is 0.344 e. The molecule has 0 spiro atoms. The standard InChI is InChI=1S/C18H19ClN2O2S/c1-2-21-11-13(10-16(21)22)18(23)20-17(15-4-3-9-24-15)12-5-7-14(19)8-6-12/h3-9,13,17H,2,10-11H2,1H3,(H,20,23)/t13-,17+/m0/s1. The molecule has 4 nitrogen and oxygen atoms in total. The van der Waals surface area contributed by atoms with Crippen LogP contribution in [-0.4, -0.2) is 29.8 Å². The second kappa shape index (κ2) is 7.36. The van der Waals surface area contributed by atoms with Gasteiger partial charge in [-0.1, -0.05) is 29.8 Å². The zero-order chi connectivity index (χ0) is 17.1. The van der Waals surface area contributed by atoms with Crippen LogP contribution in [0, 0.1) is 5.92 Å². The summed E-state index contributed by atoms with van der Waals surface area (Å²) in [5, 5.41) is 5.76. The molecule has 2 aromatic rings. The summed E-state index contributed by atoms with van der Waals surface area (Å²) in [6.45, 7) is 3.08. The summed E-state index contributed by atoms with van der Waals surface area (Å²) in [4.78, 5) is 27.3. The summed E-state index contributed by atoms with van der Waals surface area (Å²) >= 11 is 7.57. The van der Waals surface area contributed by atoms with Gasteiger partial charge in [-0.15, -0.1) is 11.3 Å². The molecule has 1 N–H and O–H groups in total.